The number of hydrogen-bond donors (Lipinski definition) is 0. The van der Waals surface area contributed by atoms with Gasteiger partial charge in [-0.25, -0.2) is 13.6 Å². The number of carbonyl (C=O) groups is 1. The Morgan fingerprint density at radius 1 is 1.32 bits per heavy atom. The van der Waals surface area contributed by atoms with Crippen LogP contribution in [-0.4, -0.2) is 21.2 Å². The number of rotatable bonds is 2. The Kier molecular flexibility index (Phi) is 4.84. The minimum Gasteiger partial charge on any atom is -0.465 e. The number of halogens is 2. The van der Waals surface area contributed by atoms with Crippen LogP contribution in [0.25, 0.3) is 0 Å². The smallest absolute Gasteiger partial charge is 0.337 e. The van der Waals surface area contributed by atoms with Crippen molar-refractivity contribution in [2.75, 3.05) is 7.11 Å². The Morgan fingerprint density at radius 3 is 2.42 bits per heavy atom. The van der Waals surface area contributed by atoms with Gasteiger partial charge in [0.15, 0.2) is 0 Å². The molecule has 0 aliphatic heterocycles. The first-order valence-corrected chi connectivity index (χ1v) is 9.28. The van der Waals surface area contributed by atoms with E-state index in [0.717, 1.165) is 6.07 Å². The predicted molar refractivity (Wildman–Crippen MR) is 73.0 cm³/mol. The molecule has 0 atom stereocenters. The molecule has 1 rings (SSSR count). The van der Waals surface area contributed by atoms with Crippen molar-refractivity contribution in [2.24, 2.45) is 0 Å². The summed E-state index contributed by atoms with van der Waals surface area (Å²) in [7, 11) is -0.426. The molecule has 0 N–H and O–H groups in total. The van der Waals surface area contributed by atoms with E-state index in [9.17, 15) is 13.6 Å². The number of esters is 1. The van der Waals surface area contributed by atoms with Gasteiger partial charge < -0.3 is 4.74 Å². The lowest BCUT2D eigenvalue weighted by atomic mass is 10.0. The Bertz CT molecular complexity index is 537. The van der Waals surface area contributed by atoms with Crippen LogP contribution in [0.1, 0.15) is 27.9 Å². The van der Waals surface area contributed by atoms with Crippen molar-refractivity contribution in [3.05, 3.63) is 34.9 Å². The molecule has 19 heavy (non-hydrogen) atoms. The van der Waals surface area contributed by atoms with Crippen LogP contribution in [0.15, 0.2) is 18.2 Å². The van der Waals surface area contributed by atoms with Gasteiger partial charge in [-0.1, -0.05) is 25.6 Å². The van der Waals surface area contributed by atoms with Gasteiger partial charge in [0.25, 0.3) is 6.43 Å². The van der Waals surface area contributed by atoms with Gasteiger partial charge in [-0.05, 0) is 18.2 Å². The lowest BCUT2D eigenvalue weighted by molar-refractivity contribution is 0.0600. The second kappa shape index (κ2) is 5.98. The third-order valence-electron chi connectivity index (χ3n) is 2.28. The molecule has 0 unspecified atom stereocenters. The zero-order valence-electron chi connectivity index (χ0n) is 11.4. The van der Waals surface area contributed by atoms with Crippen molar-refractivity contribution in [1.29, 1.82) is 0 Å². The number of benzene rings is 1. The van der Waals surface area contributed by atoms with Gasteiger partial charge in [0.05, 0.1) is 12.7 Å². The molecule has 0 bridgehead atoms. The van der Waals surface area contributed by atoms with Gasteiger partial charge in [0.1, 0.15) is 8.07 Å². The molecule has 102 valence electrons. The van der Waals surface area contributed by atoms with Crippen LogP contribution in [0.4, 0.5) is 8.78 Å². The fourth-order valence-corrected chi connectivity index (χ4v) is 1.87. The Balaban J connectivity index is 3.26. The molecular weight excluding hydrogens is 266 g/mol. The summed E-state index contributed by atoms with van der Waals surface area (Å²) in [5, 5.41) is 0. The molecule has 0 heterocycles. The zero-order valence-corrected chi connectivity index (χ0v) is 12.4. The third-order valence-corrected chi connectivity index (χ3v) is 3.15. The lowest BCUT2D eigenvalue weighted by Gasteiger charge is -2.08. The van der Waals surface area contributed by atoms with Crippen LogP contribution >= 0.6 is 0 Å². The van der Waals surface area contributed by atoms with Crippen molar-refractivity contribution in [3.63, 3.8) is 0 Å². The van der Waals surface area contributed by atoms with E-state index in [4.69, 9.17) is 0 Å². The van der Waals surface area contributed by atoms with E-state index in [0.29, 0.717) is 0 Å². The second-order valence-electron chi connectivity index (χ2n) is 5.09. The molecule has 0 spiro atoms. The van der Waals surface area contributed by atoms with Crippen molar-refractivity contribution >= 4 is 14.0 Å². The monoisotopic (exact) mass is 282 g/mol. The van der Waals surface area contributed by atoms with Crippen molar-refractivity contribution in [1.82, 2.24) is 0 Å². The number of methoxy groups -OCH3 is 1. The summed E-state index contributed by atoms with van der Waals surface area (Å²) < 4.78 is 30.5. The van der Waals surface area contributed by atoms with E-state index in [-0.39, 0.29) is 16.7 Å². The van der Waals surface area contributed by atoms with Gasteiger partial charge in [-0.2, -0.15) is 0 Å². The van der Waals surface area contributed by atoms with Gasteiger partial charge in [0, 0.05) is 11.1 Å². The van der Waals surface area contributed by atoms with Crippen molar-refractivity contribution in [3.8, 4) is 11.5 Å². The normalized spacial score (nSPS) is 10.9. The Morgan fingerprint density at radius 2 is 1.95 bits per heavy atom. The fourth-order valence-electron chi connectivity index (χ4n) is 1.36. The highest BCUT2D eigenvalue weighted by Gasteiger charge is 2.16. The standard InChI is InChI=1S/C14H16F2O2Si/c1-18-14(17)11-6-5-10(7-8-19(2,3)4)12(9-11)13(15)16/h5-6,9,13H,1-4H3. The molecule has 5 heteroatoms. The highest BCUT2D eigenvalue weighted by Crippen LogP contribution is 2.24. The second-order valence-corrected chi connectivity index (χ2v) is 9.84. The quantitative estimate of drug-likeness (QED) is 0.470. The lowest BCUT2D eigenvalue weighted by Crippen LogP contribution is -2.16. The average Bonchev–Trinajstić information content (AvgIpc) is 2.34. The molecular formula is C14H16F2O2Si. The van der Waals surface area contributed by atoms with Crippen LogP contribution < -0.4 is 0 Å². The van der Waals surface area contributed by atoms with Crippen LogP contribution in [0, 0.1) is 11.5 Å². The summed E-state index contributed by atoms with van der Waals surface area (Å²) in [6, 6.07) is 4.04. The van der Waals surface area contributed by atoms with E-state index in [2.05, 4.69) is 16.2 Å². The van der Waals surface area contributed by atoms with E-state index in [1.165, 1.54) is 19.2 Å². The summed E-state index contributed by atoms with van der Waals surface area (Å²) in [5.41, 5.74) is 3.18. The Labute approximate surface area is 112 Å². The SMILES string of the molecule is COC(=O)c1ccc(C#C[Si](C)(C)C)c(C(F)F)c1. The van der Waals surface area contributed by atoms with Gasteiger partial charge >= 0.3 is 5.97 Å². The molecule has 0 fully saturated rings. The molecule has 2 nitrogen and oxygen atoms in total. The summed E-state index contributed by atoms with van der Waals surface area (Å²) >= 11 is 0. The minimum absolute atomic E-state index is 0.108. The maximum Gasteiger partial charge on any atom is 0.337 e. The predicted octanol–water partition coefficient (Wildman–Crippen LogP) is 3.64. The molecule has 1 aromatic rings. The highest BCUT2D eigenvalue weighted by molar-refractivity contribution is 6.83. The molecule has 0 amide bonds. The maximum atomic E-state index is 13.0. The summed E-state index contributed by atoms with van der Waals surface area (Å²) in [6.07, 6.45) is -2.67. The Hall–Kier alpha value is -1.67. The molecule has 0 aliphatic rings. The highest BCUT2D eigenvalue weighted by atomic mass is 28.3. The van der Waals surface area contributed by atoms with E-state index >= 15 is 0 Å². The first-order valence-electron chi connectivity index (χ1n) is 5.78. The van der Waals surface area contributed by atoms with Crippen LogP contribution in [0.2, 0.25) is 19.6 Å². The van der Waals surface area contributed by atoms with E-state index < -0.39 is 20.5 Å². The molecule has 1 aromatic carbocycles. The fraction of sp³-hybridized carbons (Fsp3) is 0.357. The van der Waals surface area contributed by atoms with E-state index in [1.807, 2.05) is 19.6 Å². The van der Waals surface area contributed by atoms with Crippen LogP contribution in [0.3, 0.4) is 0 Å². The minimum atomic E-state index is -2.67. The number of ether oxygens (including phenoxy) is 1. The van der Waals surface area contributed by atoms with Crippen LogP contribution in [0.5, 0.6) is 0 Å². The largest absolute Gasteiger partial charge is 0.465 e. The zero-order chi connectivity index (χ0) is 14.6. The molecule has 0 saturated heterocycles. The summed E-state index contributed by atoms with van der Waals surface area (Å²) in [5.74, 6) is 2.17. The summed E-state index contributed by atoms with van der Waals surface area (Å²) in [4.78, 5) is 11.3. The molecule has 0 aromatic heterocycles. The first kappa shape index (κ1) is 15.4. The van der Waals surface area contributed by atoms with Gasteiger partial charge in [-0.3, -0.25) is 0 Å². The number of carbonyl (C=O) groups excluding carboxylic acids is 1. The molecule has 0 radical (unpaired) electrons. The topological polar surface area (TPSA) is 26.3 Å². The first-order chi connectivity index (χ1) is 8.74. The van der Waals surface area contributed by atoms with Gasteiger partial charge in [0.2, 0.25) is 0 Å². The molecule has 0 saturated carbocycles. The number of alkyl halides is 2. The number of hydrogen-bond acceptors (Lipinski definition) is 2. The third kappa shape index (κ3) is 4.49. The average molecular weight is 282 g/mol. The van der Waals surface area contributed by atoms with Crippen molar-refractivity contribution < 1.29 is 18.3 Å². The van der Waals surface area contributed by atoms with Gasteiger partial charge in [-0.15, -0.1) is 5.54 Å². The van der Waals surface area contributed by atoms with Crippen LogP contribution in [-0.2, 0) is 4.74 Å². The maximum absolute atomic E-state index is 13.0. The van der Waals surface area contributed by atoms with E-state index in [1.54, 1.807) is 0 Å². The summed E-state index contributed by atoms with van der Waals surface area (Å²) in [6.45, 7) is 6.10. The van der Waals surface area contributed by atoms with Crippen molar-refractivity contribution in [2.45, 2.75) is 26.1 Å². The molecule has 0 aliphatic carbocycles.